The summed E-state index contributed by atoms with van der Waals surface area (Å²) in [6.07, 6.45) is 13.5. The lowest BCUT2D eigenvalue weighted by Gasteiger charge is -2.34. The molecule has 0 radical (unpaired) electrons. The van der Waals surface area contributed by atoms with Crippen molar-refractivity contribution in [3.05, 3.63) is 18.2 Å². The maximum atomic E-state index is 4.60. The van der Waals surface area contributed by atoms with E-state index in [0.29, 0.717) is 6.04 Å². The lowest BCUT2D eigenvalue weighted by molar-refractivity contribution is 0.208. The van der Waals surface area contributed by atoms with Gasteiger partial charge in [0.1, 0.15) is 5.82 Å². The Morgan fingerprint density at radius 2 is 2.00 bits per heavy atom. The number of nitrogens with one attached hydrogen (secondary N) is 1. The molecule has 1 saturated carbocycles. The van der Waals surface area contributed by atoms with Crippen molar-refractivity contribution < 1.29 is 0 Å². The fraction of sp³-hybridized carbons (Fsp3) is 0.824. The van der Waals surface area contributed by atoms with Crippen LogP contribution in [0.5, 0.6) is 0 Å². The summed E-state index contributed by atoms with van der Waals surface area (Å²) in [4.78, 5) is 4.60. The van der Waals surface area contributed by atoms with Crippen LogP contribution in [0.1, 0.15) is 70.7 Å². The second-order valence-electron chi connectivity index (χ2n) is 6.40. The highest BCUT2D eigenvalue weighted by Crippen LogP contribution is 2.37. The Morgan fingerprint density at radius 1 is 1.25 bits per heavy atom. The summed E-state index contributed by atoms with van der Waals surface area (Å²) < 4.78 is 2.19. The number of hydrogen-bond acceptors (Lipinski definition) is 2. The average molecular weight is 277 g/mol. The molecule has 0 aliphatic heterocycles. The van der Waals surface area contributed by atoms with E-state index in [1.807, 2.05) is 6.20 Å². The normalized spacial score (nSPS) is 24.8. The van der Waals surface area contributed by atoms with E-state index in [0.717, 1.165) is 18.4 Å². The molecule has 1 aliphatic rings. The van der Waals surface area contributed by atoms with Crippen LogP contribution in [0.15, 0.2) is 12.4 Å². The Kier molecular flexibility index (Phi) is 6.08. The van der Waals surface area contributed by atoms with Crippen LogP contribution in [0.3, 0.4) is 0 Å². The summed E-state index contributed by atoms with van der Waals surface area (Å²) >= 11 is 0. The van der Waals surface area contributed by atoms with Gasteiger partial charge in [-0.3, -0.25) is 0 Å². The van der Waals surface area contributed by atoms with Gasteiger partial charge in [0.2, 0.25) is 0 Å². The van der Waals surface area contributed by atoms with Crippen molar-refractivity contribution in [1.29, 1.82) is 0 Å². The van der Waals surface area contributed by atoms with Crippen molar-refractivity contribution in [1.82, 2.24) is 14.9 Å². The zero-order chi connectivity index (χ0) is 14.4. The molecule has 1 aliphatic carbocycles. The minimum Gasteiger partial charge on any atom is -0.337 e. The minimum atomic E-state index is 0.442. The second kappa shape index (κ2) is 7.82. The second-order valence-corrected chi connectivity index (χ2v) is 6.40. The van der Waals surface area contributed by atoms with Crippen LogP contribution >= 0.6 is 0 Å². The first-order chi connectivity index (χ1) is 9.76. The molecule has 0 aromatic carbocycles. The molecule has 0 amide bonds. The number of aryl methyl sites for hydroxylation is 1. The van der Waals surface area contributed by atoms with Crippen LogP contribution in [0, 0.1) is 11.8 Å². The maximum Gasteiger partial charge on any atom is 0.125 e. The third-order valence-electron chi connectivity index (χ3n) is 4.81. The molecule has 3 heteroatoms. The van der Waals surface area contributed by atoms with Gasteiger partial charge in [-0.05, 0) is 37.6 Å². The molecule has 114 valence electrons. The lowest BCUT2D eigenvalue weighted by atomic mass is 9.76. The van der Waals surface area contributed by atoms with Crippen molar-refractivity contribution in [3.8, 4) is 0 Å². The monoisotopic (exact) mass is 277 g/mol. The predicted molar refractivity (Wildman–Crippen MR) is 84.6 cm³/mol. The van der Waals surface area contributed by atoms with Gasteiger partial charge in [-0.1, -0.05) is 39.5 Å². The first-order valence-corrected chi connectivity index (χ1v) is 8.46. The molecule has 1 N–H and O–H groups in total. The fourth-order valence-electron chi connectivity index (χ4n) is 3.66. The largest absolute Gasteiger partial charge is 0.337 e. The summed E-state index contributed by atoms with van der Waals surface area (Å²) in [6, 6.07) is 0.442. The molecular formula is C17H31N3. The van der Waals surface area contributed by atoms with E-state index in [2.05, 4.69) is 42.0 Å². The Bertz CT molecular complexity index is 377. The van der Waals surface area contributed by atoms with E-state index in [9.17, 15) is 0 Å². The molecule has 1 atom stereocenters. The zero-order valence-corrected chi connectivity index (χ0v) is 13.4. The lowest BCUT2D eigenvalue weighted by Crippen LogP contribution is -2.33. The van der Waals surface area contributed by atoms with Gasteiger partial charge in [0.25, 0.3) is 0 Å². The minimum absolute atomic E-state index is 0.442. The van der Waals surface area contributed by atoms with E-state index in [1.165, 1.54) is 50.8 Å². The average Bonchev–Trinajstić information content (AvgIpc) is 2.88. The highest BCUT2D eigenvalue weighted by molar-refractivity contribution is 5.02. The van der Waals surface area contributed by atoms with Gasteiger partial charge in [-0.15, -0.1) is 0 Å². The fourth-order valence-corrected chi connectivity index (χ4v) is 3.66. The Balaban J connectivity index is 1.99. The van der Waals surface area contributed by atoms with Gasteiger partial charge >= 0.3 is 0 Å². The van der Waals surface area contributed by atoms with E-state index in [4.69, 9.17) is 0 Å². The van der Waals surface area contributed by atoms with Gasteiger partial charge in [0.15, 0.2) is 0 Å². The number of hydrogen-bond donors (Lipinski definition) is 1. The van der Waals surface area contributed by atoms with Gasteiger partial charge < -0.3 is 9.88 Å². The molecular weight excluding hydrogens is 246 g/mol. The summed E-state index contributed by atoms with van der Waals surface area (Å²) in [5, 5.41) is 3.75. The molecule has 1 fully saturated rings. The van der Waals surface area contributed by atoms with Crippen LogP contribution in [-0.2, 0) is 7.05 Å². The molecule has 3 nitrogen and oxygen atoms in total. The molecule has 0 spiro atoms. The number of imidazole rings is 1. The Morgan fingerprint density at radius 3 is 2.55 bits per heavy atom. The molecule has 1 unspecified atom stereocenters. The van der Waals surface area contributed by atoms with Gasteiger partial charge in [0, 0.05) is 19.4 Å². The topological polar surface area (TPSA) is 29.9 Å². The maximum absolute atomic E-state index is 4.60. The van der Waals surface area contributed by atoms with Gasteiger partial charge in [-0.25, -0.2) is 4.98 Å². The van der Waals surface area contributed by atoms with E-state index >= 15 is 0 Å². The molecule has 1 aromatic heterocycles. The number of rotatable bonds is 7. The summed E-state index contributed by atoms with van der Waals surface area (Å²) in [5.74, 6) is 2.96. The van der Waals surface area contributed by atoms with Crippen LogP contribution < -0.4 is 5.32 Å². The van der Waals surface area contributed by atoms with Crippen molar-refractivity contribution in [2.24, 2.45) is 18.9 Å². The number of aromatic nitrogens is 2. The van der Waals surface area contributed by atoms with Crippen LogP contribution in [-0.4, -0.2) is 16.1 Å². The van der Waals surface area contributed by atoms with E-state index in [-0.39, 0.29) is 0 Å². The molecule has 1 aromatic rings. The Hall–Kier alpha value is -0.830. The van der Waals surface area contributed by atoms with Gasteiger partial charge in [0.05, 0.1) is 6.04 Å². The third kappa shape index (κ3) is 3.85. The van der Waals surface area contributed by atoms with Crippen molar-refractivity contribution in [2.45, 2.75) is 64.8 Å². The highest BCUT2D eigenvalue weighted by atomic mass is 15.1. The molecule has 0 saturated heterocycles. The molecule has 1 heterocycles. The summed E-state index contributed by atoms with van der Waals surface area (Å²) in [7, 11) is 2.12. The third-order valence-corrected chi connectivity index (χ3v) is 4.81. The van der Waals surface area contributed by atoms with Crippen molar-refractivity contribution >= 4 is 0 Å². The van der Waals surface area contributed by atoms with Crippen LogP contribution in [0.4, 0.5) is 0 Å². The first-order valence-electron chi connectivity index (χ1n) is 8.46. The van der Waals surface area contributed by atoms with Crippen molar-refractivity contribution in [2.75, 3.05) is 6.54 Å². The summed E-state index contributed by atoms with van der Waals surface area (Å²) in [5.41, 5.74) is 0. The molecule has 2 rings (SSSR count). The van der Waals surface area contributed by atoms with E-state index in [1.54, 1.807) is 0 Å². The molecule has 20 heavy (non-hydrogen) atoms. The highest BCUT2D eigenvalue weighted by Gasteiger charge is 2.29. The van der Waals surface area contributed by atoms with E-state index < -0.39 is 0 Å². The van der Waals surface area contributed by atoms with Crippen LogP contribution in [0.25, 0.3) is 0 Å². The quantitative estimate of drug-likeness (QED) is 0.814. The standard InChI is InChI=1S/C17H31N3/c1-4-6-14-7-9-15(10-8-14)16(18-11-5-2)17-19-12-13-20(17)3/h12-16,18H,4-11H2,1-3H3. The predicted octanol–water partition coefficient (Wildman–Crippen LogP) is 4.07. The number of nitrogens with zero attached hydrogens (tertiary/aromatic N) is 2. The zero-order valence-electron chi connectivity index (χ0n) is 13.4. The Labute approximate surface area is 124 Å². The van der Waals surface area contributed by atoms with Gasteiger partial charge in [-0.2, -0.15) is 0 Å². The summed E-state index contributed by atoms with van der Waals surface area (Å²) in [6.45, 7) is 5.64. The molecule has 0 bridgehead atoms. The van der Waals surface area contributed by atoms with Crippen molar-refractivity contribution in [3.63, 3.8) is 0 Å². The smallest absolute Gasteiger partial charge is 0.125 e. The SMILES string of the molecule is CCCNC(c1nccn1C)C1CCC(CCC)CC1. The first kappa shape index (κ1) is 15.6. The van der Waals surface area contributed by atoms with Crippen LogP contribution in [0.2, 0.25) is 0 Å².